The standard InChI is InChI=1S/C53H90N10O16/c1-4-5-6-7-8-9-10-11-12-13-14-15-16-17-39(70)57-33-26-38(69)47(56-23-22-55)61-51(77)43-44(71)29(2)27-63(43)53(79)41(36(67)20-21-54)59-50(76)42(46(73)45(72)31-18-19-35(66)37(68)24-31)60-49(75)34-25-32(65)28-62(34)52(78)40(30(3)64)58-48(33)74/h18-19,24,29-30,32-34,36,38,40-47,56,64-69,71-73H,4-17,20-23,25-28,54-55H2,1-3H3,(H,57,70)(H,58,74)(H,59,76)(H,60,75)(H,61,77). The van der Waals surface area contributed by atoms with Gasteiger partial charge >= 0.3 is 0 Å². The van der Waals surface area contributed by atoms with Gasteiger partial charge in [0.05, 0.1) is 30.5 Å². The number of aliphatic hydroxyl groups excluding tert-OH is 7. The van der Waals surface area contributed by atoms with Crippen LogP contribution in [0.15, 0.2) is 18.2 Å². The third kappa shape index (κ3) is 19.2. The van der Waals surface area contributed by atoms with Crippen molar-refractivity contribution < 1.29 is 79.5 Å². The lowest BCUT2D eigenvalue weighted by Crippen LogP contribution is -2.65. The Morgan fingerprint density at radius 3 is 1.86 bits per heavy atom. The molecule has 0 aliphatic carbocycles. The second-order valence-corrected chi connectivity index (χ2v) is 21.5. The van der Waals surface area contributed by atoms with Crippen LogP contribution in [0.2, 0.25) is 0 Å². The monoisotopic (exact) mass is 1120 g/mol. The van der Waals surface area contributed by atoms with E-state index in [2.05, 4.69) is 38.8 Å². The summed E-state index contributed by atoms with van der Waals surface area (Å²) in [6, 6.07) is -8.55. The van der Waals surface area contributed by atoms with Crippen molar-refractivity contribution in [2.75, 3.05) is 32.7 Å². The molecule has 3 aliphatic heterocycles. The average Bonchev–Trinajstić information content (AvgIpc) is 3.96. The number of benzene rings is 1. The molecule has 448 valence electrons. The van der Waals surface area contributed by atoms with Gasteiger partial charge in [-0.1, -0.05) is 97.0 Å². The minimum atomic E-state index is -2.40. The van der Waals surface area contributed by atoms with E-state index in [1.807, 2.05) is 0 Å². The molecule has 15 unspecified atom stereocenters. The molecule has 1 aromatic rings. The highest BCUT2D eigenvalue weighted by Gasteiger charge is 2.50. The van der Waals surface area contributed by atoms with Crippen LogP contribution in [0.5, 0.6) is 11.5 Å². The Balaban J connectivity index is 1.74. The minimum absolute atomic E-state index is 0.0332. The second-order valence-electron chi connectivity index (χ2n) is 21.5. The number of nitrogens with two attached hydrogens (primary N) is 2. The fraction of sp³-hybridized carbons (Fsp3) is 0.755. The Morgan fingerprint density at radius 1 is 0.696 bits per heavy atom. The topological polar surface area (TPSA) is 432 Å². The summed E-state index contributed by atoms with van der Waals surface area (Å²) in [5, 5.41) is 115. The molecule has 4 rings (SSSR count). The molecule has 79 heavy (non-hydrogen) atoms. The number of nitrogens with one attached hydrogen (secondary N) is 6. The van der Waals surface area contributed by atoms with E-state index in [0.717, 1.165) is 60.6 Å². The zero-order valence-corrected chi connectivity index (χ0v) is 45.9. The van der Waals surface area contributed by atoms with Crippen molar-refractivity contribution in [3.05, 3.63) is 23.8 Å². The van der Waals surface area contributed by atoms with Crippen molar-refractivity contribution in [3.8, 4) is 11.5 Å². The molecule has 26 heteroatoms. The molecule has 15 atom stereocenters. The molecular formula is C53H90N10O16. The van der Waals surface area contributed by atoms with Gasteiger partial charge in [-0.05, 0) is 44.0 Å². The summed E-state index contributed by atoms with van der Waals surface area (Å²) in [6.07, 6.45) is -2.20. The van der Waals surface area contributed by atoms with Crippen LogP contribution in [0, 0.1) is 5.92 Å². The largest absolute Gasteiger partial charge is 0.504 e. The molecule has 3 saturated heterocycles. The minimum Gasteiger partial charge on any atom is -0.504 e. The highest BCUT2D eigenvalue weighted by Crippen LogP contribution is 2.31. The summed E-state index contributed by atoms with van der Waals surface area (Å²) >= 11 is 0. The first-order valence-corrected chi connectivity index (χ1v) is 28.1. The number of fused-ring (bicyclic) bond motifs is 2. The zero-order chi connectivity index (χ0) is 58.5. The number of hydrogen-bond donors (Lipinski definition) is 17. The van der Waals surface area contributed by atoms with Gasteiger partial charge in [-0.15, -0.1) is 0 Å². The van der Waals surface area contributed by atoms with Crippen molar-refractivity contribution in [1.29, 1.82) is 0 Å². The number of phenols is 2. The lowest BCUT2D eigenvalue weighted by molar-refractivity contribution is -0.148. The number of unbranched alkanes of at least 4 members (excludes halogenated alkanes) is 12. The van der Waals surface area contributed by atoms with Crippen LogP contribution in [0.1, 0.15) is 142 Å². The highest BCUT2D eigenvalue weighted by atomic mass is 16.3. The van der Waals surface area contributed by atoms with Crippen molar-refractivity contribution in [2.24, 2.45) is 17.4 Å². The van der Waals surface area contributed by atoms with Gasteiger partial charge in [-0.2, -0.15) is 0 Å². The van der Waals surface area contributed by atoms with Gasteiger partial charge in [-0.3, -0.25) is 38.9 Å². The number of amides is 7. The van der Waals surface area contributed by atoms with E-state index >= 15 is 0 Å². The number of carbonyl (C=O) groups excluding carboxylic acids is 7. The Labute approximate surface area is 461 Å². The SMILES string of the molecule is CCCCCCCCCCCCCCCC(=O)NC1CC(O)C(NCCN)NC(=O)C2C(O)C(C)CN2C(=O)C(C(O)CCN)NC(=O)C(C(O)C(O)c2ccc(O)c(O)c2)NC(=O)C2CC(O)CN2C(=O)C(C(C)O)NC1=O. The van der Waals surface area contributed by atoms with Gasteiger partial charge in [0, 0.05) is 51.4 Å². The molecule has 0 saturated carbocycles. The van der Waals surface area contributed by atoms with E-state index in [-0.39, 0.29) is 44.6 Å². The third-order valence-corrected chi connectivity index (χ3v) is 15.0. The summed E-state index contributed by atoms with van der Waals surface area (Å²) in [5.41, 5.74) is 11.3. The highest BCUT2D eigenvalue weighted by molar-refractivity contribution is 5.98. The number of aromatic hydroxyl groups is 2. The predicted molar refractivity (Wildman–Crippen MR) is 287 cm³/mol. The van der Waals surface area contributed by atoms with E-state index in [4.69, 9.17) is 11.5 Å². The van der Waals surface area contributed by atoms with Gasteiger partial charge < -0.3 is 93.8 Å². The molecule has 26 nitrogen and oxygen atoms in total. The second kappa shape index (κ2) is 32.8. The number of aliphatic hydroxyl groups is 7. The molecule has 3 heterocycles. The summed E-state index contributed by atoms with van der Waals surface area (Å²) in [4.78, 5) is 102. The summed E-state index contributed by atoms with van der Waals surface area (Å²) < 4.78 is 0. The number of carbonyl (C=O) groups is 7. The molecular weight excluding hydrogens is 1030 g/mol. The van der Waals surface area contributed by atoms with Crippen molar-refractivity contribution >= 4 is 41.4 Å². The average molecular weight is 1120 g/mol. The van der Waals surface area contributed by atoms with Crippen LogP contribution in [0.4, 0.5) is 0 Å². The van der Waals surface area contributed by atoms with Crippen molar-refractivity contribution in [1.82, 2.24) is 41.7 Å². The molecule has 19 N–H and O–H groups in total. The van der Waals surface area contributed by atoms with Crippen LogP contribution >= 0.6 is 0 Å². The van der Waals surface area contributed by atoms with Gasteiger partial charge in [0.15, 0.2) is 11.5 Å². The van der Waals surface area contributed by atoms with Crippen molar-refractivity contribution in [2.45, 2.75) is 215 Å². The first-order valence-electron chi connectivity index (χ1n) is 28.1. The Hall–Kier alpha value is -5.29. The third-order valence-electron chi connectivity index (χ3n) is 15.0. The first-order chi connectivity index (χ1) is 37.6. The molecule has 3 fully saturated rings. The maximum absolute atomic E-state index is 14.7. The van der Waals surface area contributed by atoms with Crippen molar-refractivity contribution in [3.63, 3.8) is 0 Å². The number of rotatable bonds is 25. The molecule has 0 aromatic heterocycles. The predicted octanol–water partition coefficient (Wildman–Crippen LogP) is -3.07. The van der Waals surface area contributed by atoms with Crippen LogP contribution in [-0.4, -0.2) is 209 Å². The Kier molecular flexibility index (Phi) is 27.5. The summed E-state index contributed by atoms with van der Waals surface area (Å²) in [7, 11) is 0. The Morgan fingerprint density at radius 2 is 1.28 bits per heavy atom. The van der Waals surface area contributed by atoms with E-state index in [1.54, 1.807) is 0 Å². The zero-order valence-electron chi connectivity index (χ0n) is 45.9. The van der Waals surface area contributed by atoms with Gasteiger partial charge in [0.2, 0.25) is 41.4 Å². The van der Waals surface area contributed by atoms with E-state index in [9.17, 15) is 79.5 Å². The van der Waals surface area contributed by atoms with Crippen LogP contribution < -0.4 is 43.4 Å². The fourth-order valence-electron chi connectivity index (χ4n) is 10.4. The maximum atomic E-state index is 14.7. The molecule has 3 aliphatic rings. The Bertz CT molecular complexity index is 2140. The van der Waals surface area contributed by atoms with E-state index in [0.29, 0.717) is 12.8 Å². The lowest BCUT2D eigenvalue weighted by Gasteiger charge is -2.35. The fourth-order valence-corrected chi connectivity index (χ4v) is 10.4. The van der Waals surface area contributed by atoms with Crippen LogP contribution in [-0.2, 0) is 33.6 Å². The first kappa shape index (κ1) is 66.2. The molecule has 0 spiro atoms. The molecule has 7 amide bonds. The number of hydrogen-bond acceptors (Lipinski definition) is 19. The van der Waals surface area contributed by atoms with E-state index in [1.165, 1.54) is 51.9 Å². The number of phenolic OH excluding ortho intramolecular Hbond substituents is 2. The van der Waals surface area contributed by atoms with Gasteiger partial charge in [-0.25, -0.2) is 0 Å². The molecule has 0 radical (unpaired) electrons. The molecule has 0 bridgehead atoms. The van der Waals surface area contributed by atoms with Gasteiger partial charge in [0.25, 0.3) is 0 Å². The van der Waals surface area contributed by atoms with Crippen LogP contribution in [0.3, 0.4) is 0 Å². The van der Waals surface area contributed by atoms with Gasteiger partial charge in [0.1, 0.15) is 54.6 Å². The van der Waals surface area contributed by atoms with E-state index < -0.39 is 163 Å². The smallest absolute Gasteiger partial charge is 0.248 e. The quantitative estimate of drug-likeness (QED) is 0.0341. The lowest BCUT2D eigenvalue weighted by atomic mass is 9.96. The summed E-state index contributed by atoms with van der Waals surface area (Å²) in [6.45, 7) is 3.56. The normalized spacial score (nSPS) is 28.3. The van der Waals surface area contributed by atoms with Crippen LogP contribution in [0.25, 0.3) is 0 Å². The number of nitrogens with zero attached hydrogens (tertiary/aromatic N) is 2. The maximum Gasteiger partial charge on any atom is 0.248 e. The molecule has 1 aromatic carbocycles. The summed E-state index contributed by atoms with van der Waals surface area (Å²) in [5.74, 6) is -9.96.